The second-order valence-corrected chi connectivity index (χ2v) is 5.76. The van der Waals surface area contributed by atoms with E-state index in [9.17, 15) is 14.7 Å². The Morgan fingerprint density at radius 1 is 1.00 bits per heavy atom. The number of carbonyl (C=O) groups is 1. The number of hydrogen-bond acceptors (Lipinski definition) is 3. The van der Waals surface area contributed by atoms with E-state index in [0.717, 1.165) is 17.2 Å². The summed E-state index contributed by atoms with van der Waals surface area (Å²) in [5.74, 6) is -1.71. The summed E-state index contributed by atoms with van der Waals surface area (Å²) in [5.41, 5.74) is 0.654. The van der Waals surface area contributed by atoms with Crippen LogP contribution in [0.3, 0.4) is 0 Å². The topological polar surface area (TPSA) is 57.2 Å². The Morgan fingerprint density at radius 2 is 1.70 bits per heavy atom. The van der Waals surface area contributed by atoms with Gasteiger partial charge >= 0.3 is 0 Å². The first kappa shape index (κ1) is 15.2. The van der Waals surface area contributed by atoms with Crippen LogP contribution < -0.4 is 10.5 Å². The lowest BCUT2D eigenvalue weighted by molar-refractivity contribution is -0.308. The monoisotopic (exact) mass is 305 g/mol. The minimum Gasteiger partial charge on any atom is -0.549 e. The number of benzene rings is 2. The van der Waals surface area contributed by atoms with Crippen LogP contribution in [0.15, 0.2) is 59.4 Å². The molecule has 3 aromatic rings. The number of rotatable bonds is 4. The van der Waals surface area contributed by atoms with E-state index in [1.165, 1.54) is 0 Å². The van der Waals surface area contributed by atoms with Crippen molar-refractivity contribution in [2.45, 2.75) is 25.7 Å². The van der Waals surface area contributed by atoms with Crippen LogP contribution >= 0.6 is 0 Å². The zero-order valence-electron chi connectivity index (χ0n) is 12.9. The fourth-order valence-electron chi connectivity index (χ4n) is 3.03. The predicted octanol–water partition coefficient (Wildman–Crippen LogP) is 2.99. The van der Waals surface area contributed by atoms with Gasteiger partial charge in [-0.05, 0) is 22.8 Å². The van der Waals surface area contributed by atoms with Crippen molar-refractivity contribution in [1.82, 2.24) is 0 Å². The molecule has 3 rings (SSSR count). The molecular weight excluding hydrogens is 288 g/mol. The Labute approximate surface area is 134 Å². The molecule has 116 valence electrons. The van der Waals surface area contributed by atoms with Crippen LogP contribution in [0.4, 0.5) is 0 Å². The van der Waals surface area contributed by atoms with E-state index in [0.29, 0.717) is 22.8 Å². The van der Waals surface area contributed by atoms with Gasteiger partial charge in [-0.1, -0.05) is 67.9 Å². The second kappa shape index (κ2) is 6.21. The number of carboxylic acid groups (broad SMARTS) is 1. The lowest BCUT2D eigenvalue weighted by atomic mass is 9.93. The standard InChI is InChI=1S/C20H18O3/c1-2-5-18(20(22)23)15-10-11-17-14(12-15)9-8-13-6-3-4-7-16(13)19(17)21/h3-4,6-12,18H,2,5H2,1H3,(H,22,23)/p-1. The van der Waals surface area contributed by atoms with Gasteiger partial charge in [0.05, 0.1) is 0 Å². The number of fused-ring (bicyclic) bond motifs is 2. The van der Waals surface area contributed by atoms with Gasteiger partial charge in [-0.25, -0.2) is 0 Å². The van der Waals surface area contributed by atoms with Crippen LogP contribution in [-0.4, -0.2) is 5.97 Å². The van der Waals surface area contributed by atoms with Gasteiger partial charge in [0.15, 0.2) is 5.43 Å². The highest BCUT2D eigenvalue weighted by Crippen LogP contribution is 2.24. The SMILES string of the molecule is CCCC(C(=O)[O-])c1ccc2c(=O)c3ccccc3ccc2c1. The molecule has 0 fully saturated rings. The Morgan fingerprint density at radius 3 is 2.43 bits per heavy atom. The predicted molar refractivity (Wildman–Crippen MR) is 90.4 cm³/mol. The summed E-state index contributed by atoms with van der Waals surface area (Å²) in [6, 6.07) is 16.5. The van der Waals surface area contributed by atoms with Crippen LogP contribution in [0.5, 0.6) is 0 Å². The van der Waals surface area contributed by atoms with E-state index in [4.69, 9.17) is 0 Å². The fraction of sp³-hybridized carbons (Fsp3) is 0.200. The largest absolute Gasteiger partial charge is 0.549 e. The third kappa shape index (κ3) is 2.82. The van der Waals surface area contributed by atoms with Gasteiger partial charge in [0.25, 0.3) is 0 Å². The summed E-state index contributed by atoms with van der Waals surface area (Å²) in [4.78, 5) is 24.1. The minimum absolute atomic E-state index is 0.0346. The van der Waals surface area contributed by atoms with Crippen molar-refractivity contribution >= 4 is 27.5 Å². The van der Waals surface area contributed by atoms with Crippen molar-refractivity contribution in [3.8, 4) is 0 Å². The average molecular weight is 305 g/mol. The lowest BCUT2D eigenvalue weighted by Crippen LogP contribution is -2.29. The van der Waals surface area contributed by atoms with Gasteiger partial charge in [-0.15, -0.1) is 0 Å². The molecule has 1 atom stereocenters. The van der Waals surface area contributed by atoms with Gasteiger partial charge in [-0.3, -0.25) is 4.79 Å². The molecule has 0 aliphatic heterocycles. The highest BCUT2D eigenvalue weighted by atomic mass is 16.4. The molecule has 0 amide bonds. The van der Waals surface area contributed by atoms with Crippen molar-refractivity contribution in [3.05, 3.63) is 70.4 Å². The van der Waals surface area contributed by atoms with Crippen molar-refractivity contribution in [2.24, 2.45) is 0 Å². The minimum atomic E-state index is -1.07. The Balaban J connectivity index is 2.27. The van der Waals surface area contributed by atoms with Crippen LogP contribution in [0, 0.1) is 0 Å². The Bertz CT molecular complexity index is 944. The second-order valence-electron chi connectivity index (χ2n) is 5.76. The molecule has 1 unspecified atom stereocenters. The quantitative estimate of drug-likeness (QED) is 0.744. The van der Waals surface area contributed by atoms with Gasteiger partial charge in [0, 0.05) is 22.7 Å². The fourth-order valence-corrected chi connectivity index (χ4v) is 3.03. The smallest absolute Gasteiger partial charge is 0.194 e. The molecule has 0 aliphatic carbocycles. The highest BCUT2D eigenvalue weighted by Gasteiger charge is 2.13. The van der Waals surface area contributed by atoms with Crippen molar-refractivity contribution < 1.29 is 9.90 Å². The molecule has 3 aromatic carbocycles. The summed E-state index contributed by atoms with van der Waals surface area (Å²) >= 11 is 0. The van der Waals surface area contributed by atoms with Gasteiger partial charge in [0.2, 0.25) is 0 Å². The lowest BCUT2D eigenvalue weighted by Gasteiger charge is -2.17. The van der Waals surface area contributed by atoms with Crippen LogP contribution in [0.1, 0.15) is 31.2 Å². The van der Waals surface area contributed by atoms with E-state index >= 15 is 0 Å². The Hall–Kier alpha value is -2.68. The molecule has 3 nitrogen and oxygen atoms in total. The maximum atomic E-state index is 12.7. The normalized spacial score (nSPS) is 12.4. The molecule has 0 bridgehead atoms. The number of hydrogen-bond donors (Lipinski definition) is 0. The number of carboxylic acids is 1. The first-order valence-electron chi connectivity index (χ1n) is 7.78. The molecule has 0 spiro atoms. The first-order valence-corrected chi connectivity index (χ1v) is 7.78. The molecule has 3 heteroatoms. The zero-order chi connectivity index (χ0) is 16.4. The van der Waals surface area contributed by atoms with Crippen molar-refractivity contribution in [2.75, 3.05) is 0 Å². The van der Waals surface area contributed by atoms with E-state index < -0.39 is 11.9 Å². The zero-order valence-corrected chi connectivity index (χ0v) is 12.9. The number of carbonyl (C=O) groups excluding carboxylic acids is 1. The molecule has 0 saturated carbocycles. The summed E-state index contributed by atoms with van der Waals surface area (Å²) < 4.78 is 0. The van der Waals surface area contributed by atoms with E-state index in [1.54, 1.807) is 18.2 Å². The van der Waals surface area contributed by atoms with Crippen molar-refractivity contribution in [3.63, 3.8) is 0 Å². The molecule has 0 N–H and O–H groups in total. The van der Waals surface area contributed by atoms with Gasteiger partial charge < -0.3 is 9.90 Å². The van der Waals surface area contributed by atoms with Gasteiger partial charge in [0.1, 0.15) is 0 Å². The van der Waals surface area contributed by atoms with Crippen molar-refractivity contribution in [1.29, 1.82) is 0 Å². The summed E-state index contributed by atoms with van der Waals surface area (Å²) in [5, 5.41) is 14.3. The van der Waals surface area contributed by atoms with Crippen LogP contribution in [-0.2, 0) is 4.79 Å². The molecular formula is C20H17O3-. The first-order chi connectivity index (χ1) is 11.1. The maximum Gasteiger partial charge on any atom is 0.194 e. The van der Waals surface area contributed by atoms with Gasteiger partial charge in [-0.2, -0.15) is 0 Å². The van der Waals surface area contributed by atoms with E-state index in [1.807, 2.05) is 43.3 Å². The third-order valence-electron chi connectivity index (χ3n) is 4.23. The van der Waals surface area contributed by atoms with Crippen LogP contribution in [0.25, 0.3) is 21.5 Å². The van der Waals surface area contributed by atoms with E-state index in [-0.39, 0.29) is 5.43 Å². The molecule has 0 radical (unpaired) electrons. The number of aliphatic carboxylic acids is 1. The molecule has 0 aromatic heterocycles. The molecule has 0 saturated heterocycles. The molecule has 0 heterocycles. The summed E-state index contributed by atoms with van der Waals surface area (Å²) in [7, 11) is 0. The average Bonchev–Trinajstić information content (AvgIpc) is 2.70. The van der Waals surface area contributed by atoms with Crippen LogP contribution in [0.2, 0.25) is 0 Å². The maximum absolute atomic E-state index is 12.7. The van der Waals surface area contributed by atoms with E-state index in [2.05, 4.69) is 0 Å². The summed E-state index contributed by atoms with van der Waals surface area (Å²) in [6.45, 7) is 1.94. The molecule has 0 aliphatic rings. The highest BCUT2D eigenvalue weighted by molar-refractivity contribution is 5.93. The third-order valence-corrected chi connectivity index (χ3v) is 4.23. The molecule has 23 heavy (non-hydrogen) atoms. The Kier molecular flexibility index (Phi) is 4.11. The summed E-state index contributed by atoms with van der Waals surface area (Å²) in [6.07, 6.45) is 1.29.